The van der Waals surface area contributed by atoms with Crippen LogP contribution in [0, 0.1) is 10.1 Å². The van der Waals surface area contributed by atoms with E-state index in [0.29, 0.717) is 12.2 Å². The maximum absolute atomic E-state index is 11.9. The molecule has 3 N–H and O–H groups in total. The first-order valence-corrected chi connectivity index (χ1v) is 10.7. The Labute approximate surface area is 164 Å². The van der Waals surface area contributed by atoms with Crippen molar-refractivity contribution in [3.8, 4) is 0 Å². The zero-order valence-electron chi connectivity index (χ0n) is 15.5. The van der Waals surface area contributed by atoms with Crippen LogP contribution in [-0.2, 0) is 16.6 Å². The van der Waals surface area contributed by atoms with Gasteiger partial charge in [0.25, 0.3) is 5.69 Å². The van der Waals surface area contributed by atoms with Crippen LogP contribution in [0.5, 0.6) is 0 Å². The standard InChI is InChI=1S/C19H24N4O4S/c20-28(26,27)19-12-16(23(24)25)9-10-18(19)21-13-17-8-4-5-11-22(17)14-15-6-2-1-3-7-15/h1-3,6-7,9-10,12,17,21H,4-5,8,11,13-14H2,(H2,20,26,27). The molecule has 2 aromatic carbocycles. The van der Waals surface area contributed by atoms with Crippen molar-refractivity contribution in [2.24, 2.45) is 5.14 Å². The first kappa shape index (κ1) is 20.2. The van der Waals surface area contributed by atoms with Gasteiger partial charge in [0.05, 0.1) is 10.6 Å². The third-order valence-corrected chi connectivity index (χ3v) is 5.94. The lowest BCUT2D eigenvalue weighted by atomic mass is 10.0. The molecular weight excluding hydrogens is 380 g/mol. The van der Waals surface area contributed by atoms with Crippen LogP contribution < -0.4 is 10.5 Å². The summed E-state index contributed by atoms with van der Waals surface area (Å²) in [6, 6.07) is 14.1. The average Bonchev–Trinajstić information content (AvgIpc) is 2.67. The Morgan fingerprint density at radius 3 is 2.61 bits per heavy atom. The fourth-order valence-electron chi connectivity index (χ4n) is 3.55. The maximum atomic E-state index is 11.9. The molecule has 2 aromatic rings. The van der Waals surface area contributed by atoms with E-state index in [9.17, 15) is 18.5 Å². The van der Waals surface area contributed by atoms with Crippen LogP contribution in [0.4, 0.5) is 11.4 Å². The van der Waals surface area contributed by atoms with Gasteiger partial charge in [-0.3, -0.25) is 15.0 Å². The van der Waals surface area contributed by atoms with Crippen LogP contribution >= 0.6 is 0 Å². The molecule has 0 amide bonds. The van der Waals surface area contributed by atoms with Gasteiger partial charge >= 0.3 is 0 Å². The van der Waals surface area contributed by atoms with Gasteiger partial charge in [0, 0.05) is 31.3 Å². The van der Waals surface area contributed by atoms with E-state index in [0.717, 1.165) is 38.4 Å². The van der Waals surface area contributed by atoms with Gasteiger partial charge in [-0.2, -0.15) is 0 Å². The smallest absolute Gasteiger partial charge is 0.270 e. The van der Waals surface area contributed by atoms with Gasteiger partial charge in [0.15, 0.2) is 0 Å². The van der Waals surface area contributed by atoms with E-state index in [1.807, 2.05) is 18.2 Å². The van der Waals surface area contributed by atoms with Crippen molar-refractivity contribution in [1.29, 1.82) is 0 Å². The topological polar surface area (TPSA) is 119 Å². The number of nitrogens with one attached hydrogen (secondary N) is 1. The molecule has 0 bridgehead atoms. The highest BCUT2D eigenvalue weighted by atomic mass is 32.2. The number of rotatable bonds is 7. The number of nitrogens with zero attached hydrogens (tertiary/aromatic N) is 2. The van der Waals surface area contributed by atoms with Gasteiger partial charge in [-0.25, -0.2) is 13.6 Å². The van der Waals surface area contributed by atoms with E-state index in [4.69, 9.17) is 5.14 Å². The quantitative estimate of drug-likeness (QED) is 0.541. The summed E-state index contributed by atoms with van der Waals surface area (Å²) in [7, 11) is -4.09. The Balaban J connectivity index is 1.75. The van der Waals surface area contributed by atoms with Gasteiger partial charge in [0.2, 0.25) is 10.0 Å². The molecule has 1 aliphatic heterocycles. The lowest BCUT2D eigenvalue weighted by Gasteiger charge is -2.36. The highest BCUT2D eigenvalue weighted by Gasteiger charge is 2.24. The summed E-state index contributed by atoms with van der Waals surface area (Å²) in [6.45, 7) is 2.34. The highest BCUT2D eigenvalue weighted by Crippen LogP contribution is 2.27. The average molecular weight is 404 g/mol. The third kappa shape index (κ3) is 5.06. The Hall–Kier alpha value is -2.49. The Morgan fingerprint density at radius 2 is 1.93 bits per heavy atom. The molecular formula is C19H24N4O4S. The fourth-order valence-corrected chi connectivity index (χ4v) is 4.28. The van der Waals surface area contributed by atoms with E-state index >= 15 is 0 Å². The second kappa shape index (κ2) is 8.68. The summed E-state index contributed by atoms with van der Waals surface area (Å²) < 4.78 is 23.8. The summed E-state index contributed by atoms with van der Waals surface area (Å²) in [5.74, 6) is 0. The van der Waals surface area contributed by atoms with Gasteiger partial charge in [0.1, 0.15) is 4.90 Å². The monoisotopic (exact) mass is 404 g/mol. The second-order valence-electron chi connectivity index (χ2n) is 6.97. The van der Waals surface area contributed by atoms with Gasteiger partial charge in [-0.1, -0.05) is 36.8 Å². The molecule has 1 fully saturated rings. The lowest BCUT2D eigenvalue weighted by molar-refractivity contribution is -0.385. The van der Waals surface area contributed by atoms with Crippen molar-refractivity contribution in [3.63, 3.8) is 0 Å². The molecule has 0 radical (unpaired) electrons. The summed E-state index contributed by atoms with van der Waals surface area (Å²) >= 11 is 0. The van der Waals surface area contributed by atoms with Crippen LogP contribution in [-0.4, -0.2) is 37.4 Å². The van der Waals surface area contributed by atoms with Gasteiger partial charge in [-0.05, 0) is 31.0 Å². The van der Waals surface area contributed by atoms with E-state index in [1.54, 1.807) is 0 Å². The molecule has 0 aliphatic carbocycles. The lowest BCUT2D eigenvalue weighted by Crippen LogP contribution is -2.43. The largest absolute Gasteiger partial charge is 0.382 e. The molecule has 28 heavy (non-hydrogen) atoms. The first-order chi connectivity index (χ1) is 13.3. The zero-order valence-corrected chi connectivity index (χ0v) is 16.3. The van der Waals surface area contributed by atoms with Crippen molar-refractivity contribution in [2.75, 3.05) is 18.4 Å². The van der Waals surface area contributed by atoms with Crippen LogP contribution in [0.15, 0.2) is 53.4 Å². The Morgan fingerprint density at radius 1 is 1.18 bits per heavy atom. The maximum Gasteiger partial charge on any atom is 0.270 e. The molecule has 0 spiro atoms. The minimum Gasteiger partial charge on any atom is -0.382 e. The summed E-state index contributed by atoms with van der Waals surface area (Å²) in [4.78, 5) is 12.4. The molecule has 1 heterocycles. The molecule has 1 aliphatic rings. The number of hydrogen-bond acceptors (Lipinski definition) is 6. The molecule has 1 unspecified atom stereocenters. The Kier molecular flexibility index (Phi) is 6.28. The SMILES string of the molecule is NS(=O)(=O)c1cc([N+](=O)[O-])ccc1NCC1CCCCN1Cc1ccccc1. The van der Waals surface area contributed by atoms with E-state index < -0.39 is 14.9 Å². The molecule has 1 saturated heterocycles. The van der Waals surface area contributed by atoms with Crippen LogP contribution in [0.1, 0.15) is 24.8 Å². The number of non-ortho nitro benzene ring substituents is 1. The van der Waals surface area contributed by atoms with Crippen molar-refractivity contribution in [2.45, 2.75) is 36.7 Å². The Bertz CT molecular complexity index is 934. The van der Waals surface area contributed by atoms with Crippen LogP contribution in [0.2, 0.25) is 0 Å². The molecule has 150 valence electrons. The molecule has 3 rings (SSSR count). The van der Waals surface area contributed by atoms with Crippen LogP contribution in [0.25, 0.3) is 0 Å². The molecule has 0 aromatic heterocycles. The summed E-state index contributed by atoms with van der Waals surface area (Å²) in [5.41, 5.74) is 1.21. The van der Waals surface area contributed by atoms with Crippen molar-refractivity contribution in [1.82, 2.24) is 4.90 Å². The molecule has 0 saturated carbocycles. The second-order valence-corrected chi connectivity index (χ2v) is 8.50. The minimum absolute atomic E-state index is 0.234. The highest BCUT2D eigenvalue weighted by molar-refractivity contribution is 7.89. The zero-order chi connectivity index (χ0) is 20.1. The summed E-state index contributed by atoms with van der Waals surface area (Å²) in [6.07, 6.45) is 3.24. The van der Waals surface area contributed by atoms with Gasteiger partial charge < -0.3 is 5.32 Å². The molecule has 1 atom stereocenters. The van der Waals surface area contributed by atoms with Crippen molar-refractivity contribution >= 4 is 21.4 Å². The number of nitrogens with two attached hydrogens (primary N) is 1. The predicted octanol–water partition coefficient (Wildman–Crippen LogP) is 2.71. The van der Waals surface area contributed by atoms with Crippen molar-refractivity contribution < 1.29 is 13.3 Å². The number of nitro benzene ring substituents is 1. The number of sulfonamides is 1. The molecule has 8 nitrogen and oxygen atoms in total. The summed E-state index contributed by atoms with van der Waals surface area (Å²) in [5, 5.41) is 19.4. The number of piperidine rings is 1. The fraction of sp³-hybridized carbons (Fsp3) is 0.368. The van der Waals surface area contributed by atoms with Gasteiger partial charge in [-0.15, -0.1) is 0 Å². The number of hydrogen-bond donors (Lipinski definition) is 2. The predicted molar refractivity (Wildman–Crippen MR) is 107 cm³/mol. The van der Waals surface area contributed by atoms with E-state index in [-0.39, 0.29) is 16.6 Å². The number of nitro groups is 1. The minimum atomic E-state index is -4.09. The normalized spacial score (nSPS) is 18.0. The van der Waals surface area contributed by atoms with E-state index in [2.05, 4.69) is 22.3 Å². The number of primary sulfonamides is 1. The number of benzene rings is 2. The van der Waals surface area contributed by atoms with Crippen molar-refractivity contribution in [3.05, 3.63) is 64.2 Å². The van der Waals surface area contributed by atoms with Crippen LogP contribution in [0.3, 0.4) is 0 Å². The molecule has 9 heteroatoms. The number of anilines is 1. The first-order valence-electron chi connectivity index (χ1n) is 9.17. The van der Waals surface area contributed by atoms with E-state index in [1.165, 1.54) is 17.7 Å². The third-order valence-electron chi connectivity index (χ3n) is 4.99. The number of likely N-dealkylation sites (tertiary alicyclic amines) is 1.